The van der Waals surface area contributed by atoms with Gasteiger partial charge in [0.25, 0.3) is 0 Å². The molecule has 0 radical (unpaired) electrons. The Morgan fingerprint density at radius 3 is 1.86 bits per heavy atom. The van der Waals surface area contributed by atoms with E-state index in [4.69, 9.17) is 9.47 Å². The molecule has 86 valence electrons. The van der Waals surface area contributed by atoms with Gasteiger partial charge in [-0.25, -0.2) is 0 Å². The second-order valence-electron chi connectivity index (χ2n) is 3.48. The molecule has 14 heavy (non-hydrogen) atoms. The molecule has 0 saturated heterocycles. The molecule has 0 aliphatic heterocycles. The van der Waals surface area contributed by atoms with E-state index in [0.717, 1.165) is 6.42 Å². The molecule has 0 rings (SSSR count). The van der Waals surface area contributed by atoms with Crippen LogP contribution in [-0.2, 0) is 9.47 Å². The largest absolute Gasteiger partial charge is 0.351 e. The minimum Gasteiger partial charge on any atom is -0.351 e. The maximum absolute atomic E-state index is 5.57. The Morgan fingerprint density at radius 1 is 1.07 bits per heavy atom. The predicted octanol–water partition coefficient (Wildman–Crippen LogP) is 2.02. The van der Waals surface area contributed by atoms with Crippen molar-refractivity contribution in [3.05, 3.63) is 0 Å². The van der Waals surface area contributed by atoms with Gasteiger partial charge in [0.05, 0.1) is 6.04 Å². The zero-order valence-electron chi connectivity index (χ0n) is 10.2. The molecule has 0 unspecified atom stereocenters. The fraction of sp³-hybridized carbons (Fsp3) is 1.00. The zero-order chi connectivity index (χ0) is 11.0. The molecule has 1 N–H and O–H groups in total. The van der Waals surface area contributed by atoms with Crippen LogP contribution in [0.4, 0.5) is 0 Å². The molecule has 0 amide bonds. The van der Waals surface area contributed by atoms with E-state index in [1.54, 1.807) is 0 Å². The van der Waals surface area contributed by atoms with Gasteiger partial charge in [0, 0.05) is 13.2 Å². The summed E-state index contributed by atoms with van der Waals surface area (Å²) in [5.41, 5.74) is 0. The molecule has 0 saturated carbocycles. The zero-order valence-corrected chi connectivity index (χ0v) is 10.2. The van der Waals surface area contributed by atoms with Crippen LogP contribution in [0.5, 0.6) is 0 Å². The third-order valence-corrected chi connectivity index (χ3v) is 2.55. The quantitative estimate of drug-likeness (QED) is 0.612. The van der Waals surface area contributed by atoms with E-state index in [1.165, 1.54) is 0 Å². The lowest BCUT2D eigenvalue weighted by atomic mass is 9.99. The van der Waals surface area contributed by atoms with Gasteiger partial charge in [-0.2, -0.15) is 0 Å². The normalized spacial score (nSPS) is 15.9. The molecule has 0 aliphatic rings. The van der Waals surface area contributed by atoms with Crippen LogP contribution < -0.4 is 5.32 Å². The average molecular weight is 203 g/mol. The summed E-state index contributed by atoms with van der Waals surface area (Å²) in [5.74, 6) is 0.558. The van der Waals surface area contributed by atoms with E-state index in [1.807, 2.05) is 20.9 Å². The molecule has 0 aromatic heterocycles. The Balaban J connectivity index is 4.24. The first-order valence-corrected chi connectivity index (χ1v) is 5.61. The smallest absolute Gasteiger partial charge is 0.172 e. The average Bonchev–Trinajstić information content (AvgIpc) is 2.19. The third kappa shape index (κ3) is 4.40. The molecule has 0 fully saturated rings. The van der Waals surface area contributed by atoms with Gasteiger partial charge in [-0.05, 0) is 26.8 Å². The highest BCUT2D eigenvalue weighted by atomic mass is 16.7. The third-order valence-electron chi connectivity index (χ3n) is 2.55. The van der Waals surface area contributed by atoms with E-state index in [9.17, 15) is 0 Å². The highest BCUT2D eigenvalue weighted by molar-refractivity contribution is 4.74. The van der Waals surface area contributed by atoms with Crippen molar-refractivity contribution in [2.75, 3.05) is 20.3 Å². The van der Waals surface area contributed by atoms with Crippen LogP contribution >= 0.6 is 0 Å². The van der Waals surface area contributed by atoms with Crippen LogP contribution in [0, 0.1) is 5.92 Å². The van der Waals surface area contributed by atoms with E-state index in [2.05, 4.69) is 19.2 Å². The van der Waals surface area contributed by atoms with E-state index in [-0.39, 0.29) is 12.3 Å². The Bertz CT molecular complexity index is 124. The van der Waals surface area contributed by atoms with E-state index in [0.29, 0.717) is 19.1 Å². The maximum Gasteiger partial charge on any atom is 0.172 e. The van der Waals surface area contributed by atoms with Gasteiger partial charge in [0.2, 0.25) is 0 Å². The first-order valence-electron chi connectivity index (χ1n) is 5.61. The van der Waals surface area contributed by atoms with Crippen LogP contribution in [0.15, 0.2) is 0 Å². The minimum absolute atomic E-state index is 0.120. The summed E-state index contributed by atoms with van der Waals surface area (Å²) in [6.07, 6.45) is 1.01. The minimum atomic E-state index is -0.120. The van der Waals surface area contributed by atoms with Crippen molar-refractivity contribution in [1.82, 2.24) is 5.32 Å². The fourth-order valence-corrected chi connectivity index (χ4v) is 1.53. The van der Waals surface area contributed by atoms with Gasteiger partial charge in [0.1, 0.15) is 0 Å². The first kappa shape index (κ1) is 13.9. The monoisotopic (exact) mass is 203 g/mol. The number of nitrogens with one attached hydrogen (secondary N) is 1. The van der Waals surface area contributed by atoms with Crippen molar-refractivity contribution in [3.8, 4) is 0 Å². The molecule has 0 heterocycles. The molecule has 3 nitrogen and oxygen atoms in total. The fourth-order valence-electron chi connectivity index (χ4n) is 1.53. The predicted molar refractivity (Wildman–Crippen MR) is 59.3 cm³/mol. The number of likely N-dealkylation sites (N-methyl/N-ethyl adjacent to an activating group) is 1. The number of hydrogen-bond acceptors (Lipinski definition) is 3. The van der Waals surface area contributed by atoms with E-state index < -0.39 is 0 Å². The van der Waals surface area contributed by atoms with Crippen molar-refractivity contribution in [2.24, 2.45) is 5.92 Å². The van der Waals surface area contributed by atoms with Gasteiger partial charge < -0.3 is 14.8 Å². The number of ether oxygens (including phenoxy) is 2. The Morgan fingerprint density at radius 2 is 1.57 bits per heavy atom. The van der Waals surface area contributed by atoms with Gasteiger partial charge in [-0.3, -0.25) is 0 Å². The maximum atomic E-state index is 5.57. The Labute approximate surface area is 88.2 Å². The van der Waals surface area contributed by atoms with Crippen LogP contribution in [0.2, 0.25) is 0 Å². The second kappa shape index (κ2) is 8.21. The summed E-state index contributed by atoms with van der Waals surface area (Å²) in [6.45, 7) is 9.78. The highest BCUT2D eigenvalue weighted by Crippen LogP contribution is 2.14. The summed E-state index contributed by atoms with van der Waals surface area (Å²) < 4.78 is 11.1. The summed E-state index contributed by atoms with van der Waals surface area (Å²) in [7, 11) is 1.96. The lowest BCUT2D eigenvalue weighted by molar-refractivity contribution is -0.160. The van der Waals surface area contributed by atoms with Gasteiger partial charge in [0.15, 0.2) is 6.29 Å². The molecule has 3 heteroatoms. The summed E-state index contributed by atoms with van der Waals surface area (Å²) in [6, 6.07) is 0.278. The van der Waals surface area contributed by atoms with Gasteiger partial charge in [-0.15, -0.1) is 0 Å². The molecule has 0 bridgehead atoms. The van der Waals surface area contributed by atoms with E-state index >= 15 is 0 Å². The first-order chi connectivity index (χ1) is 6.71. The van der Waals surface area contributed by atoms with Crippen molar-refractivity contribution >= 4 is 0 Å². The second-order valence-corrected chi connectivity index (χ2v) is 3.48. The molecule has 0 aromatic rings. The molecule has 0 spiro atoms. The SMILES string of the molecule is CCOC(OCC)[C@@H](NC)[C@@H](C)CC. The molecular weight excluding hydrogens is 178 g/mol. The lowest BCUT2D eigenvalue weighted by Gasteiger charge is -2.30. The molecule has 2 atom stereocenters. The Hall–Kier alpha value is -0.120. The summed E-state index contributed by atoms with van der Waals surface area (Å²) in [5, 5.41) is 3.27. The van der Waals surface area contributed by atoms with Gasteiger partial charge in [-0.1, -0.05) is 20.3 Å². The van der Waals surface area contributed by atoms with Crippen LogP contribution in [0.1, 0.15) is 34.1 Å². The number of rotatable bonds is 8. The van der Waals surface area contributed by atoms with Crippen LogP contribution in [0.3, 0.4) is 0 Å². The number of hydrogen-bond donors (Lipinski definition) is 1. The highest BCUT2D eigenvalue weighted by Gasteiger charge is 2.25. The van der Waals surface area contributed by atoms with Crippen molar-refractivity contribution < 1.29 is 9.47 Å². The molecule has 0 aromatic carbocycles. The van der Waals surface area contributed by atoms with Crippen molar-refractivity contribution in [1.29, 1.82) is 0 Å². The topological polar surface area (TPSA) is 30.5 Å². The standard InChI is InChI=1S/C11H25NO2/c1-6-9(4)10(12-5)11(13-7-2)14-8-3/h9-12H,6-8H2,1-5H3/t9-,10-/m0/s1. The molecule has 0 aliphatic carbocycles. The van der Waals surface area contributed by atoms with Crippen LogP contribution in [-0.4, -0.2) is 32.6 Å². The summed E-state index contributed by atoms with van der Waals surface area (Å²) >= 11 is 0. The lowest BCUT2D eigenvalue weighted by Crippen LogP contribution is -2.45. The van der Waals surface area contributed by atoms with Crippen molar-refractivity contribution in [2.45, 2.75) is 46.4 Å². The van der Waals surface area contributed by atoms with Crippen molar-refractivity contribution in [3.63, 3.8) is 0 Å². The Kier molecular flexibility index (Phi) is 8.14. The molecular formula is C11H25NO2. The van der Waals surface area contributed by atoms with Gasteiger partial charge >= 0.3 is 0 Å². The van der Waals surface area contributed by atoms with Crippen LogP contribution in [0.25, 0.3) is 0 Å². The summed E-state index contributed by atoms with van der Waals surface area (Å²) in [4.78, 5) is 0.